The van der Waals surface area contributed by atoms with E-state index >= 15 is 0 Å². The highest BCUT2D eigenvalue weighted by Crippen LogP contribution is 2.22. The Morgan fingerprint density at radius 3 is 2.53 bits per heavy atom. The molecule has 0 aliphatic rings. The third-order valence-corrected chi connectivity index (χ3v) is 2.74. The highest BCUT2D eigenvalue weighted by Gasteiger charge is 2.23. The molecule has 0 saturated carbocycles. The van der Waals surface area contributed by atoms with Crippen LogP contribution in [0.2, 0.25) is 0 Å². The van der Waals surface area contributed by atoms with E-state index in [1.54, 1.807) is 30.6 Å². The van der Waals surface area contributed by atoms with Gasteiger partial charge in [-0.15, -0.1) is 0 Å². The molecule has 2 rings (SSSR count). The van der Waals surface area contributed by atoms with Crippen molar-refractivity contribution in [1.29, 1.82) is 0 Å². The lowest BCUT2D eigenvalue weighted by Gasteiger charge is -2.24. The van der Waals surface area contributed by atoms with E-state index in [1.807, 2.05) is 6.92 Å². The fourth-order valence-corrected chi connectivity index (χ4v) is 1.73. The highest BCUT2D eigenvalue weighted by atomic mass is 19.1. The molecule has 0 radical (unpaired) electrons. The summed E-state index contributed by atoms with van der Waals surface area (Å²) in [6, 6.07) is 6.64. The summed E-state index contributed by atoms with van der Waals surface area (Å²) in [6.07, 6.45) is 5.18. The molecule has 0 spiro atoms. The Bertz CT molecular complexity index is 497. The molecule has 88 valence electrons. The normalized spacial score (nSPS) is 14.3. The van der Waals surface area contributed by atoms with Crippen molar-refractivity contribution in [2.45, 2.75) is 18.9 Å². The smallest absolute Gasteiger partial charge is 0.126 e. The van der Waals surface area contributed by atoms with Crippen molar-refractivity contribution in [3.63, 3.8) is 0 Å². The van der Waals surface area contributed by atoms with Gasteiger partial charge in [0.1, 0.15) is 12.1 Å². The summed E-state index contributed by atoms with van der Waals surface area (Å²) in [5.74, 6) is -0.235. The molecule has 0 bridgehead atoms. The van der Waals surface area contributed by atoms with Crippen LogP contribution < -0.4 is 5.73 Å². The van der Waals surface area contributed by atoms with E-state index in [2.05, 4.69) is 9.97 Å². The van der Waals surface area contributed by atoms with Gasteiger partial charge in [-0.05, 0) is 25.0 Å². The first-order valence-electron chi connectivity index (χ1n) is 5.37. The Morgan fingerprint density at radius 2 is 1.88 bits per heavy atom. The van der Waals surface area contributed by atoms with Gasteiger partial charge in [0.25, 0.3) is 0 Å². The zero-order valence-corrected chi connectivity index (χ0v) is 9.60. The fraction of sp³-hybridized carbons (Fsp3) is 0.231. The number of hydrogen-bond acceptors (Lipinski definition) is 3. The van der Waals surface area contributed by atoms with Gasteiger partial charge in [-0.25, -0.2) is 14.4 Å². The Morgan fingerprint density at radius 1 is 1.24 bits per heavy atom. The number of nitrogens with zero attached hydrogens (tertiary/aromatic N) is 2. The van der Waals surface area contributed by atoms with E-state index in [0.717, 1.165) is 5.56 Å². The van der Waals surface area contributed by atoms with Crippen LogP contribution in [0.4, 0.5) is 4.39 Å². The molecule has 1 aromatic heterocycles. The number of benzene rings is 1. The van der Waals surface area contributed by atoms with Crippen molar-refractivity contribution in [2.75, 3.05) is 0 Å². The monoisotopic (exact) mass is 231 g/mol. The highest BCUT2D eigenvalue weighted by molar-refractivity contribution is 5.24. The van der Waals surface area contributed by atoms with Gasteiger partial charge in [0, 0.05) is 23.5 Å². The molecule has 1 aromatic carbocycles. The topological polar surface area (TPSA) is 51.8 Å². The summed E-state index contributed by atoms with van der Waals surface area (Å²) < 4.78 is 13.5. The number of nitrogens with two attached hydrogens (primary N) is 1. The second kappa shape index (κ2) is 4.59. The van der Waals surface area contributed by atoms with Crippen molar-refractivity contribution in [3.8, 4) is 0 Å². The van der Waals surface area contributed by atoms with Crippen LogP contribution in [-0.4, -0.2) is 9.97 Å². The maximum absolute atomic E-state index is 13.5. The third kappa shape index (κ3) is 2.65. The molecule has 1 heterocycles. The van der Waals surface area contributed by atoms with Crippen molar-refractivity contribution in [1.82, 2.24) is 9.97 Å². The maximum Gasteiger partial charge on any atom is 0.126 e. The Labute approximate surface area is 99.5 Å². The minimum atomic E-state index is -0.677. The number of aromatic nitrogens is 2. The molecule has 0 amide bonds. The minimum Gasteiger partial charge on any atom is -0.321 e. The number of rotatable bonds is 3. The second-order valence-electron chi connectivity index (χ2n) is 4.31. The first-order valence-corrected chi connectivity index (χ1v) is 5.37. The Kier molecular flexibility index (Phi) is 3.15. The van der Waals surface area contributed by atoms with Gasteiger partial charge in [-0.2, -0.15) is 0 Å². The number of halogens is 1. The third-order valence-electron chi connectivity index (χ3n) is 2.74. The summed E-state index contributed by atoms with van der Waals surface area (Å²) in [5, 5.41) is 0. The average molecular weight is 231 g/mol. The van der Waals surface area contributed by atoms with Gasteiger partial charge < -0.3 is 5.73 Å². The van der Waals surface area contributed by atoms with E-state index in [4.69, 9.17) is 5.73 Å². The van der Waals surface area contributed by atoms with E-state index in [1.165, 1.54) is 12.4 Å². The predicted octanol–water partition coefficient (Wildman–Crippen LogP) is 2.03. The van der Waals surface area contributed by atoms with Gasteiger partial charge in [-0.1, -0.05) is 18.2 Å². The van der Waals surface area contributed by atoms with Gasteiger partial charge >= 0.3 is 0 Å². The van der Waals surface area contributed by atoms with Crippen LogP contribution in [0, 0.1) is 5.82 Å². The molecule has 2 N–H and O–H groups in total. The van der Waals surface area contributed by atoms with Crippen LogP contribution >= 0.6 is 0 Å². The van der Waals surface area contributed by atoms with Crippen molar-refractivity contribution in [3.05, 3.63) is 59.9 Å². The van der Waals surface area contributed by atoms with Crippen LogP contribution in [0.25, 0.3) is 0 Å². The van der Waals surface area contributed by atoms with Crippen LogP contribution in [0.1, 0.15) is 18.1 Å². The molecule has 0 aliphatic carbocycles. The molecule has 1 atom stereocenters. The van der Waals surface area contributed by atoms with Crippen LogP contribution in [0.5, 0.6) is 0 Å². The molecule has 3 nitrogen and oxygen atoms in total. The average Bonchev–Trinajstić information content (AvgIpc) is 2.33. The van der Waals surface area contributed by atoms with Crippen molar-refractivity contribution < 1.29 is 4.39 Å². The Balaban J connectivity index is 2.27. The molecule has 0 aliphatic heterocycles. The van der Waals surface area contributed by atoms with Crippen molar-refractivity contribution in [2.24, 2.45) is 5.73 Å². The quantitative estimate of drug-likeness (QED) is 0.879. The summed E-state index contributed by atoms with van der Waals surface area (Å²) in [6.45, 7) is 1.85. The summed E-state index contributed by atoms with van der Waals surface area (Å²) in [5.41, 5.74) is 6.91. The lowest BCUT2D eigenvalue weighted by Crippen LogP contribution is -2.36. The molecule has 1 unspecified atom stereocenters. The predicted molar refractivity (Wildman–Crippen MR) is 63.7 cm³/mol. The standard InChI is InChI=1S/C13H14FN3/c1-13(15,11-7-16-9-17-8-11)6-10-4-2-3-5-12(10)14/h2-5,7-9H,6,15H2,1H3. The first-order chi connectivity index (χ1) is 8.09. The van der Waals surface area contributed by atoms with E-state index in [-0.39, 0.29) is 5.82 Å². The zero-order chi connectivity index (χ0) is 12.3. The van der Waals surface area contributed by atoms with E-state index < -0.39 is 5.54 Å². The van der Waals surface area contributed by atoms with E-state index in [0.29, 0.717) is 12.0 Å². The molecule has 0 saturated heterocycles. The number of hydrogen-bond donors (Lipinski definition) is 1. The fourth-order valence-electron chi connectivity index (χ4n) is 1.73. The van der Waals surface area contributed by atoms with Gasteiger partial charge in [-0.3, -0.25) is 0 Å². The first kappa shape index (κ1) is 11.7. The van der Waals surface area contributed by atoms with Crippen LogP contribution in [-0.2, 0) is 12.0 Å². The second-order valence-corrected chi connectivity index (χ2v) is 4.31. The summed E-state index contributed by atoms with van der Waals surface area (Å²) in [4.78, 5) is 7.86. The molecule has 0 fully saturated rings. The maximum atomic E-state index is 13.5. The minimum absolute atomic E-state index is 0.235. The molecular weight excluding hydrogens is 217 g/mol. The molecule has 17 heavy (non-hydrogen) atoms. The van der Waals surface area contributed by atoms with Crippen molar-refractivity contribution >= 4 is 0 Å². The van der Waals surface area contributed by atoms with E-state index in [9.17, 15) is 4.39 Å². The lowest BCUT2D eigenvalue weighted by atomic mass is 9.88. The summed E-state index contributed by atoms with van der Waals surface area (Å²) in [7, 11) is 0. The molecule has 4 heteroatoms. The van der Waals surface area contributed by atoms with Gasteiger partial charge in [0.2, 0.25) is 0 Å². The van der Waals surface area contributed by atoms with Gasteiger partial charge in [0.05, 0.1) is 0 Å². The Hall–Kier alpha value is -1.81. The van der Waals surface area contributed by atoms with Crippen LogP contribution in [0.3, 0.4) is 0 Å². The van der Waals surface area contributed by atoms with Gasteiger partial charge in [0.15, 0.2) is 0 Å². The molecular formula is C13H14FN3. The van der Waals surface area contributed by atoms with Crippen LogP contribution in [0.15, 0.2) is 43.0 Å². The largest absolute Gasteiger partial charge is 0.321 e. The summed E-state index contributed by atoms with van der Waals surface area (Å²) >= 11 is 0. The zero-order valence-electron chi connectivity index (χ0n) is 9.60. The lowest BCUT2D eigenvalue weighted by molar-refractivity contribution is 0.472. The molecule has 2 aromatic rings. The SMILES string of the molecule is CC(N)(Cc1ccccc1F)c1cncnc1.